The standard InChI is InChI=1S/C15H16FN5O2S/c1-9-15(10(2)21(3)19-9)24(22,23)20-13-8-17-18-14(13)11-6-4-5-7-12(11)16/h4-8,20H,1-3H3,(H,17,18). The Bertz CT molecular complexity index is 1010. The van der Waals surface area contributed by atoms with E-state index in [4.69, 9.17) is 0 Å². The number of anilines is 1. The summed E-state index contributed by atoms with van der Waals surface area (Å²) in [6.07, 6.45) is 1.31. The molecule has 0 unspecified atom stereocenters. The van der Waals surface area contributed by atoms with Gasteiger partial charge in [0.15, 0.2) is 0 Å². The average molecular weight is 349 g/mol. The number of hydrogen-bond acceptors (Lipinski definition) is 4. The van der Waals surface area contributed by atoms with Crippen LogP contribution in [0.4, 0.5) is 10.1 Å². The minimum absolute atomic E-state index is 0.102. The van der Waals surface area contributed by atoms with Crippen molar-refractivity contribution in [2.75, 3.05) is 4.72 Å². The van der Waals surface area contributed by atoms with Crippen LogP contribution in [0.2, 0.25) is 0 Å². The van der Waals surface area contributed by atoms with Crippen LogP contribution in [0.3, 0.4) is 0 Å². The molecule has 0 aliphatic heterocycles. The second-order valence-electron chi connectivity index (χ2n) is 5.37. The zero-order chi connectivity index (χ0) is 17.5. The van der Waals surface area contributed by atoms with Crippen molar-refractivity contribution >= 4 is 15.7 Å². The zero-order valence-corrected chi connectivity index (χ0v) is 14.1. The summed E-state index contributed by atoms with van der Waals surface area (Å²) in [5.41, 5.74) is 1.56. The Balaban J connectivity index is 2.04. The number of nitrogens with zero attached hydrogens (tertiary/aromatic N) is 3. The summed E-state index contributed by atoms with van der Waals surface area (Å²) in [4.78, 5) is 0.102. The Labute approximate surface area is 138 Å². The maximum Gasteiger partial charge on any atom is 0.265 e. The van der Waals surface area contributed by atoms with Crippen molar-refractivity contribution in [1.29, 1.82) is 0 Å². The van der Waals surface area contributed by atoms with Crippen molar-refractivity contribution in [3.05, 3.63) is 47.7 Å². The van der Waals surface area contributed by atoms with Gasteiger partial charge in [0.1, 0.15) is 10.7 Å². The van der Waals surface area contributed by atoms with E-state index in [1.807, 2.05) is 0 Å². The third-order valence-electron chi connectivity index (χ3n) is 3.74. The van der Waals surface area contributed by atoms with Gasteiger partial charge in [-0.3, -0.25) is 14.5 Å². The molecule has 0 fully saturated rings. The number of hydrogen-bond donors (Lipinski definition) is 2. The Morgan fingerprint density at radius 3 is 2.58 bits per heavy atom. The molecule has 0 spiro atoms. The van der Waals surface area contributed by atoms with Gasteiger partial charge in [-0.2, -0.15) is 10.2 Å². The van der Waals surface area contributed by atoms with Gasteiger partial charge in [-0.15, -0.1) is 0 Å². The number of aromatic amines is 1. The lowest BCUT2D eigenvalue weighted by Crippen LogP contribution is -2.15. The molecule has 1 aromatic carbocycles. The molecule has 0 atom stereocenters. The minimum atomic E-state index is -3.88. The van der Waals surface area contributed by atoms with Crippen molar-refractivity contribution in [3.8, 4) is 11.3 Å². The van der Waals surface area contributed by atoms with Gasteiger partial charge in [0.25, 0.3) is 10.0 Å². The first-order chi connectivity index (χ1) is 11.3. The predicted octanol–water partition coefficient (Wildman–Crippen LogP) is 2.37. The summed E-state index contributed by atoms with van der Waals surface area (Å²) >= 11 is 0. The van der Waals surface area contributed by atoms with Gasteiger partial charge in [-0.05, 0) is 26.0 Å². The van der Waals surface area contributed by atoms with Crippen LogP contribution >= 0.6 is 0 Å². The van der Waals surface area contributed by atoms with Crippen LogP contribution in [0, 0.1) is 19.7 Å². The SMILES string of the molecule is Cc1nn(C)c(C)c1S(=O)(=O)Nc1cn[nH]c1-c1ccccc1F. The van der Waals surface area contributed by atoms with Gasteiger partial charge in [-0.1, -0.05) is 12.1 Å². The van der Waals surface area contributed by atoms with Crippen molar-refractivity contribution in [1.82, 2.24) is 20.0 Å². The molecule has 9 heteroatoms. The summed E-state index contributed by atoms with van der Waals surface area (Å²) in [5.74, 6) is -0.476. The number of H-pyrrole nitrogens is 1. The molecule has 3 aromatic rings. The Hall–Kier alpha value is -2.68. The van der Waals surface area contributed by atoms with E-state index < -0.39 is 15.8 Å². The number of rotatable bonds is 4. The number of aromatic nitrogens is 4. The molecule has 2 N–H and O–H groups in total. The number of nitrogens with one attached hydrogen (secondary N) is 2. The quantitative estimate of drug-likeness (QED) is 0.756. The highest BCUT2D eigenvalue weighted by Gasteiger charge is 2.25. The molecule has 24 heavy (non-hydrogen) atoms. The van der Waals surface area contributed by atoms with Crippen LogP contribution in [0.5, 0.6) is 0 Å². The molecule has 0 amide bonds. The second kappa shape index (κ2) is 5.75. The maximum atomic E-state index is 14.0. The Kier molecular flexibility index (Phi) is 3.88. The zero-order valence-electron chi connectivity index (χ0n) is 13.3. The predicted molar refractivity (Wildman–Crippen MR) is 87.5 cm³/mol. The van der Waals surface area contributed by atoms with E-state index in [-0.39, 0.29) is 21.8 Å². The highest BCUT2D eigenvalue weighted by Crippen LogP contribution is 2.30. The van der Waals surface area contributed by atoms with Gasteiger partial charge >= 0.3 is 0 Å². The van der Waals surface area contributed by atoms with Gasteiger partial charge in [-0.25, -0.2) is 12.8 Å². The monoisotopic (exact) mass is 349 g/mol. The van der Waals surface area contributed by atoms with Crippen LogP contribution in [0.1, 0.15) is 11.4 Å². The summed E-state index contributed by atoms with van der Waals surface area (Å²) in [6, 6.07) is 6.05. The van der Waals surface area contributed by atoms with Crippen LogP contribution < -0.4 is 4.72 Å². The number of sulfonamides is 1. The topological polar surface area (TPSA) is 92.7 Å². The van der Waals surface area contributed by atoms with E-state index in [2.05, 4.69) is 20.0 Å². The van der Waals surface area contributed by atoms with Gasteiger partial charge in [0, 0.05) is 12.6 Å². The normalized spacial score (nSPS) is 11.7. The molecule has 0 radical (unpaired) electrons. The molecule has 2 aromatic heterocycles. The molecule has 0 bridgehead atoms. The van der Waals surface area contributed by atoms with Crippen LogP contribution in [0.25, 0.3) is 11.3 Å². The first-order valence-electron chi connectivity index (χ1n) is 7.12. The summed E-state index contributed by atoms with van der Waals surface area (Å²) in [5, 5.41) is 10.6. The average Bonchev–Trinajstić information content (AvgIpc) is 3.04. The first kappa shape index (κ1) is 16.2. The molecule has 3 rings (SSSR count). The number of halogens is 1. The molecule has 0 aliphatic rings. The Morgan fingerprint density at radius 1 is 1.25 bits per heavy atom. The van der Waals surface area contributed by atoms with Gasteiger partial charge in [0.2, 0.25) is 0 Å². The molecule has 7 nitrogen and oxygen atoms in total. The second-order valence-corrected chi connectivity index (χ2v) is 6.99. The lowest BCUT2D eigenvalue weighted by atomic mass is 10.1. The van der Waals surface area contributed by atoms with Crippen molar-refractivity contribution in [2.24, 2.45) is 7.05 Å². The molecular formula is C15H16FN5O2S. The van der Waals surface area contributed by atoms with Crippen LogP contribution in [-0.2, 0) is 17.1 Å². The van der Waals surface area contributed by atoms with Crippen molar-refractivity contribution in [2.45, 2.75) is 18.7 Å². The first-order valence-corrected chi connectivity index (χ1v) is 8.61. The Morgan fingerprint density at radius 2 is 1.96 bits per heavy atom. The van der Waals surface area contributed by atoms with Crippen molar-refractivity contribution in [3.63, 3.8) is 0 Å². The molecule has 2 heterocycles. The van der Waals surface area contributed by atoms with E-state index in [9.17, 15) is 12.8 Å². The molecule has 0 aliphatic carbocycles. The summed E-state index contributed by atoms with van der Waals surface area (Å²) in [6.45, 7) is 3.29. The lowest BCUT2D eigenvalue weighted by molar-refractivity contribution is 0.599. The third kappa shape index (κ3) is 2.67. The van der Waals surface area contributed by atoms with E-state index in [1.54, 1.807) is 39.1 Å². The summed E-state index contributed by atoms with van der Waals surface area (Å²) in [7, 11) is -2.21. The highest BCUT2D eigenvalue weighted by molar-refractivity contribution is 7.92. The minimum Gasteiger partial charge on any atom is -0.276 e. The van der Waals surface area contributed by atoms with E-state index >= 15 is 0 Å². The smallest absolute Gasteiger partial charge is 0.265 e. The number of aryl methyl sites for hydroxylation is 2. The fourth-order valence-electron chi connectivity index (χ4n) is 2.57. The lowest BCUT2D eigenvalue weighted by Gasteiger charge is -2.09. The van der Waals surface area contributed by atoms with E-state index in [0.29, 0.717) is 11.4 Å². The largest absolute Gasteiger partial charge is 0.276 e. The fraction of sp³-hybridized carbons (Fsp3) is 0.200. The maximum absolute atomic E-state index is 14.0. The fourth-order valence-corrected chi connectivity index (χ4v) is 4.07. The molecular weight excluding hydrogens is 333 g/mol. The third-order valence-corrected chi connectivity index (χ3v) is 5.36. The van der Waals surface area contributed by atoms with Crippen LogP contribution in [-0.4, -0.2) is 28.4 Å². The van der Waals surface area contributed by atoms with E-state index in [1.165, 1.54) is 16.9 Å². The summed E-state index contributed by atoms with van der Waals surface area (Å²) < 4.78 is 43.4. The van der Waals surface area contributed by atoms with Gasteiger partial charge < -0.3 is 0 Å². The van der Waals surface area contributed by atoms with Crippen LogP contribution in [0.15, 0.2) is 35.4 Å². The number of benzene rings is 1. The van der Waals surface area contributed by atoms with Gasteiger partial charge in [0.05, 0.1) is 29.0 Å². The molecule has 126 valence electrons. The molecule has 0 saturated carbocycles. The highest BCUT2D eigenvalue weighted by atomic mass is 32.2. The van der Waals surface area contributed by atoms with Crippen molar-refractivity contribution < 1.29 is 12.8 Å². The van der Waals surface area contributed by atoms with E-state index in [0.717, 1.165) is 0 Å². The molecule has 0 saturated heterocycles.